The molecule has 0 saturated carbocycles. The lowest BCUT2D eigenvalue weighted by Crippen LogP contribution is -2.34. The fourth-order valence-corrected chi connectivity index (χ4v) is 3.56. The molecule has 0 fully saturated rings. The number of hydrogen-bond donors (Lipinski definition) is 2. The highest BCUT2D eigenvalue weighted by Gasteiger charge is 2.24. The van der Waals surface area contributed by atoms with Crippen molar-refractivity contribution in [1.29, 1.82) is 0 Å². The number of benzene rings is 1. The van der Waals surface area contributed by atoms with Crippen molar-refractivity contribution in [2.75, 3.05) is 5.32 Å². The average Bonchev–Trinajstić information content (AvgIpc) is 3.04. The molecule has 0 aliphatic rings. The SMILES string of the molecule is CC(C)C(Nc1ncnc2scc(-c3cccc([N+](=O)[O-])c3)c12)C(=O)O. The zero-order valence-corrected chi connectivity index (χ0v) is 14.9. The van der Waals surface area contributed by atoms with E-state index >= 15 is 0 Å². The van der Waals surface area contributed by atoms with Crippen LogP contribution in [-0.4, -0.2) is 32.0 Å². The molecule has 2 aromatic heterocycles. The van der Waals surface area contributed by atoms with E-state index in [4.69, 9.17) is 0 Å². The van der Waals surface area contributed by atoms with Crippen LogP contribution in [0.5, 0.6) is 0 Å². The molecule has 2 heterocycles. The summed E-state index contributed by atoms with van der Waals surface area (Å²) < 4.78 is 0. The summed E-state index contributed by atoms with van der Waals surface area (Å²) in [5, 5.41) is 26.0. The van der Waals surface area contributed by atoms with Crippen LogP contribution in [0, 0.1) is 16.0 Å². The normalized spacial score (nSPS) is 12.3. The lowest BCUT2D eigenvalue weighted by molar-refractivity contribution is -0.384. The second-order valence-corrected chi connectivity index (χ2v) is 6.92. The predicted octanol–water partition coefficient (Wildman–Crippen LogP) is 3.79. The Hall–Kier alpha value is -3.07. The van der Waals surface area contributed by atoms with E-state index in [9.17, 15) is 20.0 Å². The number of rotatable bonds is 6. The maximum Gasteiger partial charge on any atom is 0.326 e. The first kappa shape index (κ1) is 17.7. The number of nitrogens with zero attached hydrogens (tertiary/aromatic N) is 3. The average molecular weight is 372 g/mol. The van der Waals surface area contributed by atoms with Gasteiger partial charge in [-0.1, -0.05) is 26.0 Å². The summed E-state index contributed by atoms with van der Waals surface area (Å²) in [7, 11) is 0. The molecule has 0 amide bonds. The quantitative estimate of drug-likeness (QED) is 0.499. The molecule has 1 unspecified atom stereocenters. The molecule has 8 nitrogen and oxygen atoms in total. The highest BCUT2D eigenvalue weighted by atomic mass is 32.1. The number of thiophene rings is 1. The van der Waals surface area contributed by atoms with E-state index in [-0.39, 0.29) is 11.6 Å². The first-order valence-electron chi connectivity index (χ1n) is 7.85. The monoisotopic (exact) mass is 372 g/mol. The van der Waals surface area contributed by atoms with Crippen molar-refractivity contribution in [3.8, 4) is 11.1 Å². The van der Waals surface area contributed by atoms with Gasteiger partial charge in [-0.3, -0.25) is 10.1 Å². The van der Waals surface area contributed by atoms with Gasteiger partial charge in [0.2, 0.25) is 0 Å². The van der Waals surface area contributed by atoms with Crippen LogP contribution in [0.2, 0.25) is 0 Å². The van der Waals surface area contributed by atoms with Crippen LogP contribution in [0.1, 0.15) is 13.8 Å². The standard InChI is InChI=1S/C17H16N4O4S/c1-9(2)14(17(22)23)20-15-13-12(7-26-16(13)19-8-18-15)10-4-3-5-11(6-10)21(24)25/h3-9,14H,1-2H3,(H,22,23)(H,18,19,20). The van der Waals surface area contributed by atoms with Crippen molar-refractivity contribution in [2.24, 2.45) is 5.92 Å². The van der Waals surface area contributed by atoms with Crippen LogP contribution in [0.25, 0.3) is 21.3 Å². The number of anilines is 1. The molecule has 9 heteroatoms. The third-order valence-electron chi connectivity index (χ3n) is 3.96. The van der Waals surface area contributed by atoms with Gasteiger partial charge < -0.3 is 10.4 Å². The lowest BCUT2D eigenvalue weighted by atomic mass is 10.0. The van der Waals surface area contributed by atoms with Gasteiger partial charge in [-0.2, -0.15) is 0 Å². The topological polar surface area (TPSA) is 118 Å². The number of aromatic nitrogens is 2. The highest BCUT2D eigenvalue weighted by Crippen LogP contribution is 2.37. The summed E-state index contributed by atoms with van der Waals surface area (Å²) in [4.78, 5) is 31.2. The summed E-state index contributed by atoms with van der Waals surface area (Å²) in [6, 6.07) is 5.47. The first-order valence-corrected chi connectivity index (χ1v) is 8.73. The molecule has 0 aliphatic carbocycles. The summed E-state index contributed by atoms with van der Waals surface area (Å²) in [6.07, 6.45) is 1.37. The smallest absolute Gasteiger partial charge is 0.326 e. The van der Waals surface area contributed by atoms with Crippen molar-refractivity contribution in [1.82, 2.24) is 9.97 Å². The largest absolute Gasteiger partial charge is 0.480 e. The molecule has 0 bridgehead atoms. The molecular formula is C17H16N4O4S. The van der Waals surface area contributed by atoms with Crippen molar-refractivity contribution < 1.29 is 14.8 Å². The van der Waals surface area contributed by atoms with Crippen molar-refractivity contribution in [3.05, 3.63) is 46.1 Å². The number of carbonyl (C=O) groups is 1. The maximum atomic E-state index is 11.5. The Balaban J connectivity index is 2.13. The fourth-order valence-electron chi connectivity index (χ4n) is 2.64. The minimum Gasteiger partial charge on any atom is -0.480 e. The molecule has 0 radical (unpaired) electrons. The van der Waals surface area contributed by atoms with Crippen LogP contribution in [0.15, 0.2) is 36.0 Å². The molecule has 26 heavy (non-hydrogen) atoms. The van der Waals surface area contributed by atoms with Crippen LogP contribution in [-0.2, 0) is 4.79 Å². The van der Waals surface area contributed by atoms with Crippen LogP contribution in [0.4, 0.5) is 11.5 Å². The van der Waals surface area contributed by atoms with E-state index in [2.05, 4.69) is 15.3 Å². The van der Waals surface area contributed by atoms with Gasteiger partial charge in [0.25, 0.3) is 5.69 Å². The minimum absolute atomic E-state index is 0.0150. The number of carboxylic acid groups (broad SMARTS) is 1. The van der Waals surface area contributed by atoms with Crippen LogP contribution < -0.4 is 5.32 Å². The molecule has 0 saturated heterocycles. The van der Waals surface area contributed by atoms with Gasteiger partial charge >= 0.3 is 5.97 Å². The minimum atomic E-state index is -0.973. The van der Waals surface area contributed by atoms with Gasteiger partial charge in [-0.15, -0.1) is 11.3 Å². The van der Waals surface area contributed by atoms with Gasteiger partial charge in [-0.05, 0) is 11.5 Å². The van der Waals surface area contributed by atoms with Gasteiger partial charge in [0.1, 0.15) is 23.0 Å². The molecule has 1 atom stereocenters. The van der Waals surface area contributed by atoms with Gasteiger partial charge in [0.15, 0.2) is 0 Å². The van der Waals surface area contributed by atoms with E-state index < -0.39 is 16.9 Å². The molecule has 0 aliphatic heterocycles. The molecule has 0 spiro atoms. The fraction of sp³-hybridized carbons (Fsp3) is 0.235. The third kappa shape index (κ3) is 3.33. The van der Waals surface area contributed by atoms with Gasteiger partial charge in [0, 0.05) is 23.1 Å². The van der Waals surface area contributed by atoms with Gasteiger partial charge in [0.05, 0.1) is 10.3 Å². The molecule has 134 valence electrons. The number of nitro groups is 1. The Morgan fingerprint density at radius 1 is 1.35 bits per heavy atom. The second kappa shape index (κ2) is 7.04. The lowest BCUT2D eigenvalue weighted by Gasteiger charge is -2.19. The van der Waals surface area contributed by atoms with Crippen molar-refractivity contribution in [2.45, 2.75) is 19.9 Å². The Bertz CT molecular complexity index is 986. The van der Waals surface area contributed by atoms with E-state index in [1.54, 1.807) is 26.0 Å². The molecule has 2 N–H and O–H groups in total. The Morgan fingerprint density at radius 3 is 2.77 bits per heavy atom. The van der Waals surface area contributed by atoms with E-state index in [1.807, 2.05) is 5.38 Å². The van der Waals surface area contributed by atoms with E-state index in [1.165, 1.54) is 29.8 Å². The second-order valence-electron chi connectivity index (χ2n) is 6.06. The van der Waals surface area contributed by atoms with Crippen LogP contribution >= 0.6 is 11.3 Å². The summed E-state index contributed by atoms with van der Waals surface area (Å²) in [6.45, 7) is 3.61. The molecular weight excluding hydrogens is 356 g/mol. The van der Waals surface area contributed by atoms with Crippen molar-refractivity contribution in [3.63, 3.8) is 0 Å². The number of fused-ring (bicyclic) bond motifs is 1. The predicted molar refractivity (Wildman–Crippen MR) is 99.4 cm³/mol. The number of nitro benzene ring substituents is 1. The number of aliphatic carboxylic acids is 1. The number of hydrogen-bond acceptors (Lipinski definition) is 7. The summed E-state index contributed by atoms with van der Waals surface area (Å²) in [5.41, 5.74) is 1.36. The number of nitrogens with one attached hydrogen (secondary N) is 1. The third-order valence-corrected chi connectivity index (χ3v) is 4.85. The van der Waals surface area contributed by atoms with E-state index in [0.717, 1.165) is 5.56 Å². The molecule has 3 aromatic rings. The van der Waals surface area contributed by atoms with E-state index in [0.29, 0.717) is 21.6 Å². The molecule has 3 rings (SSSR count). The Kier molecular flexibility index (Phi) is 4.81. The summed E-state index contributed by atoms with van der Waals surface area (Å²) in [5.74, 6) is -0.727. The van der Waals surface area contributed by atoms with Gasteiger partial charge in [-0.25, -0.2) is 14.8 Å². The first-order chi connectivity index (χ1) is 12.4. The maximum absolute atomic E-state index is 11.5. The zero-order valence-electron chi connectivity index (χ0n) is 14.0. The Morgan fingerprint density at radius 2 is 2.12 bits per heavy atom. The Labute approximate surface area is 152 Å². The summed E-state index contributed by atoms with van der Waals surface area (Å²) >= 11 is 1.37. The highest BCUT2D eigenvalue weighted by molar-refractivity contribution is 7.17. The van der Waals surface area contributed by atoms with Crippen molar-refractivity contribution >= 4 is 39.0 Å². The number of carboxylic acids is 1. The molecule has 1 aromatic carbocycles. The van der Waals surface area contributed by atoms with Crippen LogP contribution in [0.3, 0.4) is 0 Å². The zero-order chi connectivity index (χ0) is 18.8. The number of non-ortho nitro benzene ring substituents is 1.